The molecule has 0 amide bonds. The maximum absolute atomic E-state index is 5.91. The summed E-state index contributed by atoms with van der Waals surface area (Å²) in [5, 5.41) is 0. The lowest BCUT2D eigenvalue weighted by Crippen LogP contribution is -2.21. The fourth-order valence-corrected chi connectivity index (χ4v) is 1.80. The highest BCUT2D eigenvalue weighted by atomic mass is 14.9. The Labute approximate surface area is 108 Å². The molecule has 0 bridgehead atoms. The Balaban J connectivity index is 2.00. The first-order valence-electron chi connectivity index (χ1n) is 6.37. The first-order valence-corrected chi connectivity index (χ1v) is 6.37. The van der Waals surface area contributed by atoms with Crippen LogP contribution in [-0.2, 0) is 12.8 Å². The average molecular weight is 241 g/mol. The van der Waals surface area contributed by atoms with Crippen molar-refractivity contribution in [1.82, 2.24) is 9.97 Å². The third-order valence-electron chi connectivity index (χ3n) is 2.99. The lowest BCUT2D eigenvalue weighted by molar-refractivity contribution is 0.642. The van der Waals surface area contributed by atoms with Crippen LogP contribution in [0.3, 0.4) is 0 Å². The molecule has 1 atom stereocenters. The summed E-state index contributed by atoms with van der Waals surface area (Å²) in [6.45, 7) is 2.09. The van der Waals surface area contributed by atoms with E-state index in [1.807, 2.05) is 30.6 Å². The normalized spacial score (nSPS) is 12.3. The van der Waals surface area contributed by atoms with Gasteiger partial charge in [-0.15, -0.1) is 0 Å². The van der Waals surface area contributed by atoms with Gasteiger partial charge in [0.2, 0.25) is 0 Å². The molecule has 2 N–H and O–H groups in total. The maximum Gasteiger partial charge on any atom is 0.132 e. The van der Waals surface area contributed by atoms with Gasteiger partial charge < -0.3 is 5.73 Å². The maximum atomic E-state index is 5.91. The molecule has 1 heterocycles. The Kier molecular flexibility index (Phi) is 4.42. The second-order valence-corrected chi connectivity index (χ2v) is 4.54. The molecule has 1 unspecified atom stereocenters. The number of benzene rings is 1. The van der Waals surface area contributed by atoms with E-state index in [0.717, 1.165) is 30.7 Å². The van der Waals surface area contributed by atoms with Crippen molar-refractivity contribution < 1.29 is 0 Å². The molecule has 94 valence electrons. The van der Waals surface area contributed by atoms with Crippen molar-refractivity contribution in [2.24, 2.45) is 5.73 Å². The Morgan fingerprint density at radius 2 is 1.72 bits per heavy atom. The second-order valence-electron chi connectivity index (χ2n) is 4.54. The van der Waals surface area contributed by atoms with Crippen LogP contribution in [0.4, 0.5) is 0 Å². The van der Waals surface area contributed by atoms with Gasteiger partial charge in [0.15, 0.2) is 0 Å². The van der Waals surface area contributed by atoms with Crippen molar-refractivity contribution in [1.29, 1.82) is 0 Å². The minimum atomic E-state index is 0.202. The van der Waals surface area contributed by atoms with Crippen LogP contribution in [0.15, 0.2) is 42.7 Å². The molecule has 0 radical (unpaired) electrons. The molecule has 18 heavy (non-hydrogen) atoms. The molecule has 2 aromatic rings. The smallest absolute Gasteiger partial charge is 0.132 e. The summed E-state index contributed by atoms with van der Waals surface area (Å²) in [6.07, 6.45) is 6.39. The van der Waals surface area contributed by atoms with E-state index in [4.69, 9.17) is 5.73 Å². The number of aromatic nitrogens is 2. The van der Waals surface area contributed by atoms with Crippen molar-refractivity contribution in [2.75, 3.05) is 0 Å². The Morgan fingerprint density at radius 3 is 2.33 bits per heavy atom. The summed E-state index contributed by atoms with van der Waals surface area (Å²) >= 11 is 0. The average Bonchev–Trinajstić information content (AvgIpc) is 2.42. The second kappa shape index (κ2) is 6.26. The van der Waals surface area contributed by atoms with Gasteiger partial charge in [-0.2, -0.15) is 0 Å². The number of hydrogen-bond acceptors (Lipinski definition) is 3. The summed E-state index contributed by atoms with van der Waals surface area (Å²) in [5.74, 6) is 0.856. The first-order chi connectivity index (χ1) is 8.78. The zero-order chi connectivity index (χ0) is 12.8. The van der Waals surface area contributed by atoms with Crippen LogP contribution >= 0.6 is 0 Å². The highest BCUT2D eigenvalue weighted by molar-refractivity contribution is 5.19. The molecule has 0 fully saturated rings. The number of nitrogens with two attached hydrogens (primary N) is 1. The van der Waals surface area contributed by atoms with Gasteiger partial charge in [0.05, 0.1) is 0 Å². The molecule has 0 spiro atoms. The van der Waals surface area contributed by atoms with Crippen LogP contribution in [0, 0.1) is 0 Å². The SMILES string of the molecule is CCC(N)Cc1cnc(Cc2ccccc2)nc1. The van der Waals surface area contributed by atoms with E-state index < -0.39 is 0 Å². The summed E-state index contributed by atoms with van der Waals surface area (Å²) in [5.41, 5.74) is 8.26. The fraction of sp³-hybridized carbons (Fsp3) is 0.333. The Bertz CT molecular complexity index is 465. The number of hydrogen-bond donors (Lipinski definition) is 1. The Morgan fingerprint density at radius 1 is 1.06 bits per heavy atom. The third-order valence-corrected chi connectivity index (χ3v) is 2.99. The van der Waals surface area contributed by atoms with Gasteiger partial charge >= 0.3 is 0 Å². The molecule has 3 heteroatoms. The lowest BCUT2D eigenvalue weighted by atomic mass is 10.1. The molecule has 1 aromatic carbocycles. The molecule has 3 nitrogen and oxygen atoms in total. The molecule has 1 aromatic heterocycles. The van der Waals surface area contributed by atoms with E-state index in [1.54, 1.807) is 0 Å². The highest BCUT2D eigenvalue weighted by Gasteiger charge is 2.03. The summed E-state index contributed by atoms with van der Waals surface area (Å²) in [4.78, 5) is 8.79. The monoisotopic (exact) mass is 241 g/mol. The predicted molar refractivity (Wildman–Crippen MR) is 73.3 cm³/mol. The van der Waals surface area contributed by atoms with E-state index in [-0.39, 0.29) is 6.04 Å². The van der Waals surface area contributed by atoms with Crippen LogP contribution in [0.5, 0.6) is 0 Å². The quantitative estimate of drug-likeness (QED) is 0.874. The van der Waals surface area contributed by atoms with Crippen LogP contribution in [0.25, 0.3) is 0 Å². The molecule has 0 aliphatic carbocycles. The molecule has 0 aliphatic heterocycles. The van der Waals surface area contributed by atoms with Gasteiger partial charge in [-0.3, -0.25) is 0 Å². The van der Waals surface area contributed by atoms with Gasteiger partial charge in [-0.1, -0.05) is 37.3 Å². The largest absolute Gasteiger partial charge is 0.327 e. The first kappa shape index (κ1) is 12.7. The standard InChI is InChI=1S/C15H19N3/c1-2-14(16)8-13-10-17-15(18-11-13)9-12-6-4-3-5-7-12/h3-7,10-11,14H,2,8-9,16H2,1H3. The van der Waals surface area contributed by atoms with Crippen molar-refractivity contribution in [3.63, 3.8) is 0 Å². The minimum absolute atomic E-state index is 0.202. The third kappa shape index (κ3) is 3.64. The molecule has 0 aliphatic rings. The predicted octanol–water partition coefficient (Wildman–Crippen LogP) is 2.35. The molecular weight excluding hydrogens is 222 g/mol. The molecular formula is C15H19N3. The van der Waals surface area contributed by atoms with E-state index >= 15 is 0 Å². The van der Waals surface area contributed by atoms with Gasteiger partial charge in [0.1, 0.15) is 5.82 Å². The molecule has 0 saturated heterocycles. The van der Waals surface area contributed by atoms with Crippen molar-refractivity contribution in [3.8, 4) is 0 Å². The number of rotatable bonds is 5. The zero-order valence-electron chi connectivity index (χ0n) is 10.7. The van der Waals surface area contributed by atoms with Crippen LogP contribution < -0.4 is 5.73 Å². The van der Waals surface area contributed by atoms with E-state index in [0.29, 0.717) is 0 Å². The fourth-order valence-electron chi connectivity index (χ4n) is 1.80. The van der Waals surface area contributed by atoms with Crippen molar-refractivity contribution in [3.05, 3.63) is 59.7 Å². The highest BCUT2D eigenvalue weighted by Crippen LogP contribution is 2.06. The Hall–Kier alpha value is -1.74. The van der Waals surface area contributed by atoms with Gasteiger partial charge in [-0.05, 0) is 24.0 Å². The summed E-state index contributed by atoms with van der Waals surface area (Å²) < 4.78 is 0. The van der Waals surface area contributed by atoms with Gasteiger partial charge in [0, 0.05) is 24.9 Å². The topological polar surface area (TPSA) is 51.8 Å². The van der Waals surface area contributed by atoms with Crippen LogP contribution in [0.2, 0.25) is 0 Å². The minimum Gasteiger partial charge on any atom is -0.327 e. The number of nitrogens with zero attached hydrogens (tertiary/aromatic N) is 2. The van der Waals surface area contributed by atoms with Crippen molar-refractivity contribution in [2.45, 2.75) is 32.2 Å². The van der Waals surface area contributed by atoms with E-state index in [2.05, 4.69) is 29.0 Å². The van der Waals surface area contributed by atoms with Crippen molar-refractivity contribution >= 4 is 0 Å². The van der Waals surface area contributed by atoms with Crippen LogP contribution in [0.1, 0.15) is 30.3 Å². The molecule has 0 saturated carbocycles. The van der Waals surface area contributed by atoms with E-state index in [1.165, 1.54) is 5.56 Å². The van der Waals surface area contributed by atoms with Crippen LogP contribution in [-0.4, -0.2) is 16.0 Å². The summed E-state index contributed by atoms with van der Waals surface area (Å²) in [6, 6.07) is 10.5. The lowest BCUT2D eigenvalue weighted by Gasteiger charge is -2.08. The van der Waals surface area contributed by atoms with E-state index in [9.17, 15) is 0 Å². The zero-order valence-corrected chi connectivity index (χ0v) is 10.7. The van der Waals surface area contributed by atoms with Gasteiger partial charge in [0.25, 0.3) is 0 Å². The van der Waals surface area contributed by atoms with Gasteiger partial charge in [-0.25, -0.2) is 9.97 Å². The molecule has 2 rings (SSSR count). The summed E-state index contributed by atoms with van der Waals surface area (Å²) in [7, 11) is 0.